The molecule has 0 saturated heterocycles. The summed E-state index contributed by atoms with van der Waals surface area (Å²) in [7, 11) is 0. The fourth-order valence-electron chi connectivity index (χ4n) is 2.21. The summed E-state index contributed by atoms with van der Waals surface area (Å²) < 4.78 is 41.7. The number of aliphatic hydroxyl groups is 1. The van der Waals surface area contributed by atoms with Gasteiger partial charge in [0, 0.05) is 30.8 Å². The summed E-state index contributed by atoms with van der Waals surface area (Å²) in [6.45, 7) is 4.26. The van der Waals surface area contributed by atoms with Crippen molar-refractivity contribution in [2.75, 3.05) is 0 Å². The first-order valence-electron chi connectivity index (χ1n) is 6.28. The Labute approximate surface area is 114 Å². The van der Waals surface area contributed by atoms with Gasteiger partial charge in [-0.05, 0) is 19.9 Å². The van der Waals surface area contributed by atoms with E-state index in [-0.39, 0.29) is 6.42 Å². The third-order valence-electron chi connectivity index (χ3n) is 3.06. The predicted octanol–water partition coefficient (Wildman–Crippen LogP) is 2.90. The zero-order valence-corrected chi connectivity index (χ0v) is 11.2. The lowest BCUT2D eigenvalue weighted by Gasteiger charge is -2.13. The Kier molecular flexibility index (Phi) is 4.13. The van der Waals surface area contributed by atoms with E-state index in [9.17, 15) is 18.3 Å². The molecule has 20 heavy (non-hydrogen) atoms. The van der Waals surface area contributed by atoms with E-state index >= 15 is 0 Å². The highest BCUT2D eigenvalue weighted by atomic mass is 19.1. The molecular formula is C14H15F3N2O. The van der Waals surface area contributed by atoms with Crippen LogP contribution in [0, 0.1) is 24.4 Å². The van der Waals surface area contributed by atoms with Crippen molar-refractivity contribution in [1.29, 1.82) is 0 Å². The summed E-state index contributed by atoms with van der Waals surface area (Å²) in [6.07, 6.45) is -1.38. The average molecular weight is 284 g/mol. The van der Waals surface area contributed by atoms with Crippen LogP contribution in [-0.4, -0.2) is 14.9 Å². The highest BCUT2D eigenvalue weighted by molar-refractivity contribution is 5.25. The summed E-state index contributed by atoms with van der Waals surface area (Å²) in [5, 5.41) is 14.2. The number of benzene rings is 1. The molecule has 108 valence electrons. The minimum absolute atomic E-state index is 0.00809. The molecule has 0 saturated carbocycles. The lowest BCUT2D eigenvalue weighted by Crippen LogP contribution is -2.11. The van der Waals surface area contributed by atoms with Crippen molar-refractivity contribution in [1.82, 2.24) is 9.78 Å². The standard InChI is InChI=1S/C14H15F3N2O/c1-3-19-10(4-8(2)18-19)7-13(20)14-11(16)5-9(15)6-12(14)17/h4-6,13,20H,3,7H2,1-2H3. The monoisotopic (exact) mass is 284 g/mol. The minimum atomic E-state index is -1.39. The SMILES string of the molecule is CCn1nc(C)cc1CC(O)c1c(F)cc(F)cc1F. The zero-order chi connectivity index (χ0) is 14.9. The molecule has 0 spiro atoms. The van der Waals surface area contributed by atoms with Crippen molar-refractivity contribution in [3.8, 4) is 0 Å². The van der Waals surface area contributed by atoms with Crippen LogP contribution in [0.5, 0.6) is 0 Å². The number of rotatable bonds is 4. The van der Waals surface area contributed by atoms with Crippen LogP contribution >= 0.6 is 0 Å². The topological polar surface area (TPSA) is 38.0 Å². The molecule has 1 heterocycles. The Balaban J connectivity index is 2.30. The largest absolute Gasteiger partial charge is 0.388 e. The van der Waals surface area contributed by atoms with E-state index in [0.29, 0.717) is 24.4 Å². The van der Waals surface area contributed by atoms with Crippen LogP contribution < -0.4 is 0 Å². The lowest BCUT2D eigenvalue weighted by atomic mass is 10.0. The van der Waals surface area contributed by atoms with E-state index < -0.39 is 29.1 Å². The number of nitrogens with zero attached hydrogens (tertiary/aromatic N) is 2. The molecule has 1 aromatic heterocycles. The Morgan fingerprint density at radius 2 is 1.80 bits per heavy atom. The number of aliphatic hydroxyl groups excluding tert-OH is 1. The summed E-state index contributed by atoms with van der Waals surface area (Å²) in [4.78, 5) is 0. The van der Waals surface area contributed by atoms with Gasteiger partial charge in [0.1, 0.15) is 17.5 Å². The zero-order valence-electron chi connectivity index (χ0n) is 11.2. The average Bonchev–Trinajstić information content (AvgIpc) is 2.67. The first kappa shape index (κ1) is 14.6. The second-order valence-corrected chi connectivity index (χ2v) is 4.60. The fourth-order valence-corrected chi connectivity index (χ4v) is 2.21. The van der Waals surface area contributed by atoms with E-state index in [1.54, 1.807) is 17.7 Å². The normalized spacial score (nSPS) is 12.7. The maximum absolute atomic E-state index is 13.6. The molecule has 1 aromatic carbocycles. The van der Waals surface area contributed by atoms with Crippen LogP contribution in [0.25, 0.3) is 0 Å². The van der Waals surface area contributed by atoms with Gasteiger partial charge in [0.05, 0.1) is 17.4 Å². The Hall–Kier alpha value is -1.82. The number of aryl methyl sites for hydroxylation is 2. The maximum Gasteiger partial charge on any atom is 0.134 e. The van der Waals surface area contributed by atoms with Crippen molar-refractivity contribution < 1.29 is 18.3 Å². The van der Waals surface area contributed by atoms with Gasteiger partial charge >= 0.3 is 0 Å². The molecule has 0 bridgehead atoms. The van der Waals surface area contributed by atoms with Crippen LogP contribution in [0.1, 0.15) is 30.0 Å². The summed E-state index contributed by atoms with van der Waals surface area (Å²) in [6, 6.07) is 2.86. The number of halogens is 3. The quantitative estimate of drug-likeness (QED) is 0.937. The molecule has 3 nitrogen and oxygen atoms in total. The summed E-state index contributed by atoms with van der Waals surface area (Å²) in [5.41, 5.74) is 0.905. The number of aromatic nitrogens is 2. The van der Waals surface area contributed by atoms with Gasteiger partial charge in [0.15, 0.2) is 0 Å². The molecule has 1 atom stereocenters. The third kappa shape index (κ3) is 2.85. The molecule has 1 unspecified atom stereocenters. The molecule has 0 fully saturated rings. The van der Waals surface area contributed by atoms with Gasteiger partial charge in [0.25, 0.3) is 0 Å². The third-order valence-corrected chi connectivity index (χ3v) is 3.06. The van der Waals surface area contributed by atoms with E-state index in [0.717, 1.165) is 5.69 Å². The fraction of sp³-hybridized carbons (Fsp3) is 0.357. The molecule has 0 aliphatic carbocycles. The van der Waals surface area contributed by atoms with Crippen molar-refractivity contribution in [3.05, 3.63) is 52.6 Å². The summed E-state index contributed by atoms with van der Waals surface area (Å²) >= 11 is 0. The van der Waals surface area contributed by atoms with Gasteiger partial charge < -0.3 is 5.11 Å². The van der Waals surface area contributed by atoms with Crippen LogP contribution in [0.2, 0.25) is 0 Å². The van der Waals surface area contributed by atoms with Crippen LogP contribution in [0.15, 0.2) is 18.2 Å². The first-order valence-corrected chi connectivity index (χ1v) is 6.28. The van der Waals surface area contributed by atoms with Gasteiger partial charge in [-0.3, -0.25) is 4.68 Å². The van der Waals surface area contributed by atoms with Crippen LogP contribution in [0.3, 0.4) is 0 Å². The van der Waals surface area contributed by atoms with Crippen molar-refractivity contribution >= 4 is 0 Å². The minimum Gasteiger partial charge on any atom is -0.388 e. The van der Waals surface area contributed by atoms with Gasteiger partial charge in [-0.15, -0.1) is 0 Å². The van der Waals surface area contributed by atoms with Crippen LogP contribution in [-0.2, 0) is 13.0 Å². The highest BCUT2D eigenvalue weighted by Crippen LogP contribution is 2.25. The molecule has 0 radical (unpaired) electrons. The first-order chi connectivity index (χ1) is 9.42. The number of hydrogen-bond acceptors (Lipinski definition) is 2. The molecular weight excluding hydrogens is 269 g/mol. The van der Waals surface area contributed by atoms with E-state index in [1.807, 2.05) is 6.92 Å². The van der Waals surface area contributed by atoms with Crippen molar-refractivity contribution in [2.45, 2.75) is 32.9 Å². The Morgan fingerprint density at radius 3 is 2.35 bits per heavy atom. The van der Waals surface area contributed by atoms with E-state index in [1.165, 1.54) is 0 Å². The molecule has 0 aliphatic heterocycles. The molecule has 0 amide bonds. The smallest absolute Gasteiger partial charge is 0.134 e. The maximum atomic E-state index is 13.6. The highest BCUT2D eigenvalue weighted by Gasteiger charge is 2.21. The molecule has 6 heteroatoms. The molecule has 2 aromatic rings. The van der Waals surface area contributed by atoms with Gasteiger partial charge in [-0.1, -0.05) is 0 Å². The second-order valence-electron chi connectivity index (χ2n) is 4.60. The van der Waals surface area contributed by atoms with Gasteiger partial charge in [-0.2, -0.15) is 5.10 Å². The Bertz CT molecular complexity index is 602. The van der Waals surface area contributed by atoms with Crippen molar-refractivity contribution in [3.63, 3.8) is 0 Å². The Morgan fingerprint density at radius 1 is 1.20 bits per heavy atom. The predicted molar refractivity (Wildman–Crippen MR) is 67.6 cm³/mol. The van der Waals surface area contributed by atoms with E-state index in [2.05, 4.69) is 5.10 Å². The van der Waals surface area contributed by atoms with Gasteiger partial charge in [0.2, 0.25) is 0 Å². The summed E-state index contributed by atoms with van der Waals surface area (Å²) in [5.74, 6) is -3.19. The molecule has 1 N–H and O–H groups in total. The lowest BCUT2D eigenvalue weighted by molar-refractivity contribution is 0.165. The van der Waals surface area contributed by atoms with E-state index in [4.69, 9.17) is 0 Å². The van der Waals surface area contributed by atoms with Crippen LogP contribution in [0.4, 0.5) is 13.2 Å². The molecule has 2 rings (SSSR count). The second kappa shape index (κ2) is 5.66. The number of hydrogen-bond donors (Lipinski definition) is 1. The molecule has 0 aliphatic rings. The van der Waals surface area contributed by atoms with Crippen molar-refractivity contribution in [2.24, 2.45) is 0 Å². The van der Waals surface area contributed by atoms with Gasteiger partial charge in [-0.25, -0.2) is 13.2 Å².